The van der Waals surface area contributed by atoms with Crippen molar-refractivity contribution in [3.05, 3.63) is 48.0 Å². The van der Waals surface area contributed by atoms with E-state index in [1.54, 1.807) is 31.2 Å². The van der Waals surface area contributed by atoms with E-state index in [4.69, 9.17) is 4.74 Å². The molecule has 1 heterocycles. The molecule has 1 atom stereocenters. The number of ketones is 1. The summed E-state index contributed by atoms with van der Waals surface area (Å²) in [7, 11) is 0. The topological polar surface area (TPSA) is 92.8 Å². The summed E-state index contributed by atoms with van der Waals surface area (Å²) in [6.07, 6.45) is 2.51. The summed E-state index contributed by atoms with van der Waals surface area (Å²) in [5, 5.41) is 2.63. The predicted molar refractivity (Wildman–Crippen MR) is 89.7 cm³/mol. The van der Waals surface area contributed by atoms with Crippen LogP contribution in [0.1, 0.15) is 23.7 Å². The quantitative estimate of drug-likeness (QED) is 0.404. The zero-order chi connectivity index (χ0) is 18.2. The number of rotatable bonds is 9. The lowest BCUT2D eigenvalue weighted by Crippen LogP contribution is -2.39. The molecule has 0 saturated carbocycles. The monoisotopic (exact) mass is 344 g/mol. The Balaban J connectivity index is 1.63. The Morgan fingerprint density at radius 1 is 1.08 bits per heavy atom. The molecule has 0 aliphatic carbocycles. The molecule has 1 aromatic carbocycles. The summed E-state index contributed by atoms with van der Waals surface area (Å²) in [6.45, 7) is 2.08. The van der Waals surface area contributed by atoms with E-state index in [1.165, 1.54) is 12.2 Å². The lowest BCUT2D eigenvalue weighted by Gasteiger charge is -2.14. The van der Waals surface area contributed by atoms with Crippen molar-refractivity contribution in [1.29, 1.82) is 0 Å². The third-order valence-corrected chi connectivity index (χ3v) is 3.66. The van der Waals surface area contributed by atoms with Gasteiger partial charge in [0.15, 0.2) is 5.78 Å². The van der Waals surface area contributed by atoms with Crippen LogP contribution in [0.3, 0.4) is 0 Å². The minimum atomic E-state index is -0.624. The van der Waals surface area contributed by atoms with Gasteiger partial charge < -0.3 is 10.1 Å². The van der Waals surface area contributed by atoms with Crippen LogP contribution < -0.4 is 5.32 Å². The second-order valence-corrected chi connectivity index (χ2v) is 5.54. The van der Waals surface area contributed by atoms with E-state index < -0.39 is 6.04 Å². The van der Waals surface area contributed by atoms with Crippen molar-refractivity contribution in [3.8, 4) is 0 Å². The van der Waals surface area contributed by atoms with E-state index in [2.05, 4.69) is 5.32 Å². The van der Waals surface area contributed by atoms with Crippen LogP contribution in [0, 0.1) is 0 Å². The summed E-state index contributed by atoms with van der Waals surface area (Å²) in [6, 6.07) is 8.12. The molecule has 0 fully saturated rings. The van der Waals surface area contributed by atoms with Gasteiger partial charge >= 0.3 is 0 Å². The van der Waals surface area contributed by atoms with Gasteiger partial charge in [-0.1, -0.05) is 30.3 Å². The summed E-state index contributed by atoms with van der Waals surface area (Å²) < 4.78 is 5.27. The fourth-order valence-electron chi connectivity index (χ4n) is 2.31. The van der Waals surface area contributed by atoms with Gasteiger partial charge in [-0.2, -0.15) is 0 Å². The van der Waals surface area contributed by atoms with Crippen molar-refractivity contribution in [1.82, 2.24) is 10.2 Å². The van der Waals surface area contributed by atoms with Gasteiger partial charge in [-0.15, -0.1) is 0 Å². The molecule has 25 heavy (non-hydrogen) atoms. The van der Waals surface area contributed by atoms with E-state index in [9.17, 15) is 19.2 Å². The van der Waals surface area contributed by atoms with Gasteiger partial charge in [-0.05, 0) is 6.92 Å². The highest BCUT2D eigenvalue weighted by Crippen LogP contribution is 2.04. The number of carbonyl (C=O) groups is 4. The highest BCUT2D eigenvalue weighted by molar-refractivity contribution is 6.12. The van der Waals surface area contributed by atoms with Crippen LogP contribution in [0.4, 0.5) is 0 Å². The van der Waals surface area contributed by atoms with E-state index in [-0.39, 0.29) is 49.7 Å². The highest BCUT2D eigenvalue weighted by atomic mass is 16.5. The Hall–Kier alpha value is -2.80. The first kappa shape index (κ1) is 18.5. The van der Waals surface area contributed by atoms with Crippen LogP contribution in [0.15, 0.2) is 42.5 Å². The number of amides is 3. The normalized spacial score (nSPS) is 14.7. The van der Waals surface area contributed by atoms with Crippen molar-refractivity contribution >= 4 is 23.5 Å². The Morgan fingerprint density at radius 3 is 2.36 bits per heavy atom. The maximum Gasteiger partial charge on any atom is 0.253 e. The number of Topliss-reactive ketones (excluding diaryl/α,β-unsaturated/α-hetero) is 1. The smallest absolute Gasteiger partial charge is 0.253 e. The number of nitrogens with one attached hydrogen (secondary N) is 1. The maximum absolute atomic E-state index is 12.1. The van der Waals surface area contributed by atoms with Gasteiger partial charge in [-0.25, -0.2) is 0 Å². The molecule has 3 amide bonds. The first-order chi connectivity index (χ1) is 12.0. The number of imide groups is 1. The summed E-state index contributed by atoms with van der Waals surface area (Å²) in [4.78, 5) is 47.7. The zero-order valence-corrected chi connectivity index (χ0v) is 13.9. The fraction of sp³-hybridized carbons (Fsp3) is 0.333. The van der Waals surface area contributed by atoms with E-state index in [0.717, 1.165) is 4.90 Å². The summed E-state index contributed by atoms with van der Waals surface area (Å²) in [5.41, 5.74) is 0.542. The Morgan fingerprint density at radius 2 is 1.72 bits per heavy atom. The zero-order valence-electron chi connectivity index (χ0n) is 13.9. The molecule has 1 aliphatic heterocycles. The van der Waals surface area contributed by atoms with Crippen LogP contribution in [0.25, 0.3) is 0 Å². The molecule has 7 heteroatoms. The molecule has 0 saturated heterocycles. The van der Waals surface area contributed by atoms with Crippen LogP contribution >= 0.6 is 0 Å². The lowest BCUT2D eigenvalue weighted by molar-refractivity contribution is -0.138. The van der Waals surface area contributed by atoms with Crippen molar-refractivity contribution in [3.63, 3.8) is 0 Å². The van der Waals surface area contributed by atoms with Gasteiger partial charge in [-0.3, -0.25) is 24.1 Å². The molecular formula is C18H20N2O5. The number of benzene rings is 1. The molecule has 0 radical (unpaired) electrons. The SMILES string of the molecule is C[C@H](NC(=O)CCOCCN1C(=O)C=CC1=O)C(=O)c1ccccc1. The molecule has 1 aliphatic rings. The van der Waals surface area contributed by atoms with Gasteiger partial charge in [0, 0.05) is 24.1 Å². The van der Waals surface area contributed by atoms with Crippen LogP contribution in [-0.2, 0) is 19.1 Å². The molecule has 7 nitrogen and oxygen atoms in total. The van der Waals surface area contributed by atoms with Crippen LogP contribution in [0.2, 0.25) is 0 Å². The maximum atomic E-state index is 12.1. The highest BCUT2D eigenvalue weighted by Gasteiger charge is 2.22. The molecular weight excluding hydrogens is 324 g/mol. The first-order valence-corrected chi connectivity index (χ1v) is 7.99. The summed E-state index contributed by atoms with van der Waals surface area (Å²) >= 11 is 0. The minimum Gasteiger partial charge on any atom is -0.379 e. The molecule has 0 aromatic heterocycles. The van der Waals surface area contributed by atoms with Crippen LogP contribution in [-0.4, -0.2) is 54.2 Å². The van der Waals surface area contributed by atoms with E-state index >= 15 is 0 Å². The minimum absolute atomic E-state index is 0.0898. The number of ether oxygens (including phenoxy) is 1. The number of hydrogen-bond donors (Lipinski definition) is 1. The molecule has 0 bridgehead atoms. The van der Waals surface area contributed by atoms with Gasteiger partial charge in [0.05, 0.1) is 25.8 Å². The van der Waals surface area contributed by atoms with Crippen molar-refractivity contribution in [2.45, 2.75) is 19.4 Å². The molecule has 0 spiro atoms. The first-order valence-electron chi connectivity index (χ1n) is 7.99. The van der Waals surface area contributed by atoms with Crippen molar-refractivity contribution < 1.29 is 23.9 Å². The lowest BCUT2D eigenvalue weighted by atomic mass is 10.1. The van der Waals surface area contributed by atoms with Gasteiger partial charge in [0.1, 0.15) is 0 Å². The molecule has 2 rings (SSSR count). The fourth-order valence-corrected chi connectivity index (χ4v) is 2.31. The summed E-state index contributed by atoms with van der Waals surface area (Å²) in [5.74, 6) is -1.18. The van der Waals surface area contributed by atoms with E-state index in [0.29, 0.717) is 5.56 Å². The predicted octanol–water partition coefficient (Wildman–Crippen LogP) is 0.706. The van der Waals surface area contributed by atoms with Crippen molar-refractivity contribution in [2.24, 2.45) is 0 Å². The average molecular weight is 344 g/mol. The number of hydrogen-bond acceptors (Lipinski definition) is 5. The molecule has 1 aromatic rings. The second-order valence-electron chi connectivity index (χ2n) is 5.54. The molecule has 132 valence electrons. The molecule has 1 N–H and O–H groups in total. The second kappa shape index (κ2) is 8.89. The molecule has 0 unspecified atom stereocenters. The van der Waals surface area contributed by atoms with Gasteiger partial charge in [0.2, 0.25) is 5.91 Å². The Labute approximate surface area is 145 Å². The van der Waals surface area contributed by atoms with Crippen molar-refractivity contribution in [2.75, 3.05) is 19.8 Å². The Kier molecular flexibility index (Phi) is 6.59. The van der Waals surface area contributed by atoms with Gasteiger partial charge in [0.25, 0.3) is 11.8 Å². The standard InChI is InChI=1S/C18H20N2O5/c1-13(18(24)14-5-3-2-4-6-14)19-15(21)9-11-25-12-10-20-16(22)7-8-17(20)23/h2-8,13H,9-12H2,1H3,(H,19,21)/t13-/m0/s1. The number of nitrogens with zero attached hydrogens (tertiary/aromatic N) is 1. The third-order valence-electron chi connectivity index (χ3n) is 3.66. The Bertz CT molecular complexity index is 666. The van der Waals surface area contributed by atoms with Crippen LogP contribution in [0.5, 0.6) is 0 Å². The number of carbonyl (C=O) groups excluding carboxylic acids is 4. The largest absolute Gasteiger partial charge is 0.379 e. The van der Waals surface area contributed by atoms with E-state index in [1.807, 2.05) is 6.07 Å². The third kappa shape index (κ3) is 5.36. The average Bonchev–Trinajstić information content (AvgIpc) is 2.93.